The van der Waals surface area contributed by atoms with Crippen molar-refractivity contribution in [1.82, 2.24) is 9.80 Å². The van der Waals surface area contributed by atoms with E-state index in [1.54, 1.807) is 0 Å². The van der Waals surface area contributed by atoms with Gasteiger partial charge in [0.1, 0.15) is 5.75 Å². The van der Waals surface area contributed by atoms with E-state index in [9.17, 15) is 4.79 Å². The molecular formula is C26H38N2O3. The minimum Gasteiger partial charge on any atom is -0.493 e. The molecule has 1 amide bonds. The third-order valence-corrected chi connectivity index (χ3v) is 7.99. The van der Waals surface area contributed by atoms with Gasteiger partial charge in [0.15, 0.2) is 0 Å². The van der Waals surface area contributed by atoms with Crippen molar-refractivity contribution in [3.05, 3.63) is 29.3 Å². The van der Waals surface area contributed by atoms with Gasteiger partial charge in [0, 0.05) is 57.3 Å². The van der Waals surface area contributed by atoms with E-state index in [0.717, 1.165) is 76.6 Å². The number of ether oxygens (including phenoxy) is 2. The van der Waals surface area contributed by atoms with Crippen molar-refractivity contribution >= 4 is 5.91 Å². The molecule has 1 aliphatic carbocycles. The Bertz CT molecular complexity index is 757. The minimum atomic E-state index is 0.164. The summed E-state index contributed by atoms with van der Waals surface area (Å²) < 4.78 is 11.7. The molecule has 1 aromatic carbocycles. The van der Waals surface area contributed by atoms with Crippen LogP contribution < -0.4 is 4.74 Å². The molecule has 5 nitrogen and oxygen atoms in total. The van der Waals surface area contributed by atoms with Crippen molar-refractivity contribution in [3.8, 4) is 5.75 Å². The second kappa shape index (κ2) is 9.91. The zero-order valence-corrected chi connectivity index (χ0v) is 18.9. The summed E-state index contributed by atoms with van der Waals surface area (Å²) >= 11 is 0. The van der Waals surface area contributed by atoms with Crippen molar-refractivity contribution in [2.24, 2.45) is 11.8 Å². The molecule has 0 bridgehead atoms. The summed E-state index contributed by atoms with van der Waals surface area (Å²) in [6, 6.07) is 7.57. The van der Waals surface area contributed by atoms with Gasteiger partial charge >= 0.3 is 0 Å². The van der Waals surface area contributed by atoms with Gasteiger partial charge < -0.3 is 14.4 Å². The maximum Gasteiger partial charge on any atom is 0.225 e. The van der Waals surface area contributed by atoms with Gasteiger partial charge in [-0.15, -0.1) is 0 Å². The molecule has 0 radical (unpaired) electrons. The molecule has 0 N–H and O–H groups in total. The van der Waals surface area contributed by atoms with Crippen LogP contribution in [0.1, 0.15) is 56.1 Å². The highest BCUT2D eigenvalue weighted by molar-refractivity contribution is 5.79. The van der Waals surface area contributed by atoms with Crippen molar-refractivity contribution < 1.29 is 14.3 Å². The monoisotopic (exact) mass is 426 g/mol. The van der Waals surface area contributed by atoms with E-state index in [0.29, 0.717) is 18.4 Å². The fourth-order valence-corrected chi connectivity index (χ4v) is 5.74. The quantitative estimate of drug-likeness (QED) is 0.720. The molecule has 1 atom stereocenters. The minimum absolute atomic E-state index is 0.164. The third kappa shape index (κ3) is 5.09. The molecule has 1 aromatic rings. The van der Waals surface area contributed by atoms with E-state index in [-0.39, 0.29) is 5.92 Å². The van der Waals surface area contributed by atoms with Gasteiger partial charge in [-0.1, -0.05) is 12.5 Å². The number of hydrogen-bond donors (Lipinski definition) is 0. The normalized spacial score (nSPS) is 26.1. The van der Waals surface area contributed by atoms with Crippen LogP contribution >= 0.6 is 0 Å². The van der Waals surface area contributed by atoms with Crippen LogP contribution in [0.25, 0.3) is 0 Å². The van der Waals surface area contributed by atoms with Crippen LogP contribution in [0.2, 0.25) is 0 Å². The highest BCUT2D eigenvalue weighted by atomic mass is 16.5. The summed E-state index contributed by atoms with van der Waals surface area (Å²) in [5.74, 6) is 1.95. The van der Waals surface area contributed by atoms with Gasteiger partial charge in [-0.2, -0.15) is 0 Å². The van der Waals surface area contributed by atoms with Crippen LogP contribution in [0, 0.1) is 11.8 Å². The summed E-state index contributed by atoms with van der Waals surface area (Å²) in [5, 5.41) is 0. The van der Waals surface area contributed by atoms with Gasteiger partial charge in [-0.25, -0.2) is 0 Å². The zero-order chi connectivity index (χ0) is 21.0. The average molecular weight is 427 g/mol. The molecule has 5 heteroatoms. The maximum absolute atomic E-state index is 12.9. The second-order valence-electron chi connectivity index (χ2n) is 10.0. The summed E-state index contributed by atoms with van der Waals surface area (Å²) in [7, 11) is 0. The molecule has 2 saturated heterocycles. The first-order chi connectivity index (χ1) is 15.3. The van der Waals surface area contributed by atoms with Crippen molar-refractivity contribution in [2.75, 3.05) is 46.0 Å². The molecule has 170 valence electrons. The van der Waals surface area contributed by atoms with E-state index >= 15 is 0 Å². The standard InChI is InChI=1S/C26H38N2O3/c29-26(22-10-15-30-16-11-22)28-12-2-3-20(18-28)19-31-25-7-6-21-8-13-27(24-4-1-5-24)14-9-23(21)17-25/h6-7,17,20,22,24H,1-5,8-16,18-19H2/t20-/m0/s1. The Morgan fingerprint density at radius 3 is 2.55 bits per heavy atom. The highest BCUT2D eigenvalue weighted by Crippen LogP contribution is 2.29. The molecule has 31 heavy (non-hydrogen) atoms. The molecule has 0 unspecified atom stereocenters. The van der Waals surface area contributed by atoms with Gasteiger partial charge in [0.05, 0.1) is 6.61 Å². The van der Waals surface area contributed by atoms with E-state index in [2.05, 4.69) is 28.0 Å². The summed E-state index contributed by atoms with van der Waals surface area (Å²) in [6.45, 7) is 6.32. The Balaban J connectivity index is 1.13. The SMILES string of the molecule is O=C(C1CCOCC1)N1CCC[C@H](COc2ccc3c(c2)CCN(C2CCC2)CC3)C1. The Labute approximate surface area is 187 Å². The smallest absolute Gasteiger partial charge is 0.225 e. The zero-order valence-electron chi connectivity index (χ0n) is 18.9. The number of nitrogens with zero attached hydrogens (tertiary/aromatic N) is 2. The van der Waals surface area contributed by atoms with E-state index < -0.39 is 0 Å². The number of hydrogen-bond acceptors (Lipinski definition) is 4. The van der Waals surface area contributed by atoms with Crippen LogP contribution in [0.5, 0.6) is 5.75 Å². The van der Waals surface area contributed by atoms with Gasteiger partial charge in [0.25, 0.3) is 0 Å². The lowest BCUT2D eigenvalue weighted by Crippen LogP contribution is -2.45. The lowest BCUT2D eigenvalue weighted by Gasteiger charge is -2.36. The number of likely N-dealkylation sites (tertiary alicyclic amines) is 1. The number of piperidine rings is 1. The van der Waals surface area contributed by atoms with E-state index in [4.69, 9.17) is 9.47 Å². The topological polar surface area (TPSA) is 42.0 Å². The van der Waals surface area contributed by atoms with E-state index in [1.807, 2.05) is 0 Å². The molecule has 3 aliphatic heterocycles. The number of benzene rings is 1. The first-order valence-corrected chi connectivity index (χ1v) is 12.6. The van der Waals surface area contributed by atoms with Crippen LogP contribution in [0.4, 0.5) is 0 Å². The first kappa shape index (κ1) is 21.3. The predicted octanol–water partition coefficient (Wildman–Crippen LogP) is 3.68. The predicted molar refractivity (Wildman–Crippen MR) is 121 cm³/mol. The van der Waals surface area contributed by atoms with Gasteiger partial charge in [-0.3, -0.25) is 9.69 Å². The van der Waals surface area contributed by atoms with Crippen molar-refractivity contribution in [3.63, 3.8) is 0 Å². The van der Waals surface area contributed by atoms with Gasteiger partial charge in [-0.05, 0) is 74.6 Å². The van der Waals surface area contributed by atoms with Crippen LogP contribution in [-0.2, 0) is 22.4 Å². The number of carbonyl (C=O) groups is 1. The number of rotatable bonds is 5. The molecule has 3 fully saturated rings. The summed E-state index contributed by atoms with van der Waals surface area (Å²) in [6.07, 6.45) is 10.5. The van der Waals surface area contributed by atoms with Crippen LogP contribution in [0.15, 0.2) is 18.2 Å². The Morgan fingerprint density at radius 1 is 0.968 bits per heavy atom. The van der Waals surface area contributed by atoms with E-state index in [1.165, 1.54) is 43.5 Å². The average Bonchev–Trinajstić information content (AvgIpc) is 2.99. The third-order valence-electron chi connectivity index (χ3n) is 7.99. The Hall–Kier alpha value is -1.59. The Kier molecular flexibility index (Phi) is 6.80. The molecule has 0 aromatic heterocycles. The fraction of sp³-hybridized carbons (Fsp3) is 0.731. The van der Waals surface area contributed by atoms with Crippen molar-refractivity contribution in [2.45, 2.75) is 63.8 Å². The number of amides is 1. The number of carbonyl (C=O) groups excluding carboxylic acids is 1. The molecular weight excluding hydrogens is 388 g/mol. The lowest BCUT2D eigenvalue weighted by molar-refractivity contribution is -0.140. The summed E-state index contributed by atoms with van der Waals surface area (Å²) in [5.41, 5.74) is 2.97. The summed E-state index contributed by atoms with van der Waals surface area (Å²) in [4.78, 5) is 17.7. The first-order valence-electron chi connectivity index (χ1n) is 12.6. The van der Waals surface area contributed by atoms with Crippen molar-refractivity contribution in [1.29, 1.82) is 0 Å². The molecule has 5 rings (SSSR count). The number of fused-ring (bicyclic) bond motifs is 1. The highest BCUT2D eigenvalue weighted by Gasteiger charge is 2.30. The van der Waals surface area contributed by atoms with Gasteiger partial charge in [0.2, 0.25) is 5.91 Å². The Morgan fingerprint density at radius 2 is 1.77 bits per heavy atom. The fourth-order valence-electron chi connectivity index (χ4n) is 5.74. The van der Waals surface area contributed by atoms with Crippen LogP contribution in [-0.4, -0.2) is 67.7 Å². The molecule has 0 spiro atoms. The maximum atomic E-state index is 12.9. The largest absolute Gasteiger partial charge is 0.493 e. The molecule has 3 heterocycles. The second-order valence-corrected chi connectivity index (χ2v) is 10.0. The molecule has 1 saturated carbocycles. The molecule has 4 aliphatic rings. The van der Waals surface area contributed by atoms with Crippen LogP contribution in [0.3, 0.4) is 0 Å². The lowest BCUT2D eigenvalue weighted by atomic mass is 9.91.